The minimum Gasteiger partial charge on any atom is -0.465 e. The molecule has 0 radical (unpaired) electrons. The fourth-order valence-corrected chi connectivity index (χ4v) is 4.90. The Morgan fingerprint density at radius 2 is 1.85 bits per heavy atom. The van der Waals surface area contributed by atoms with Crippen LogP contribution in [0.25, 0.3) is 16.7 Å². The fourth-order valence-electron chi connectivity index (χ4n) is 4.90. The Labute approximate surface area is 237 Å². The topological polar surface area (TPSA) is 121 Å². The fraction of sp³-hybridized carbons (Fsp3) is 0.367. The highest BCUT2D eigenvalue weighted by atomic mass is 16.6. The first-order chi connectivity index (χ1) is 19.4. The molecule has 0 saturated heterocycles. The van der Waals surface area contributed by atoms with Crippen molar-refractivity contribution in [3.63, 3.8) is 0 Å². The molecule has 0 spiro atoms. The monoisotopic (exact) mass is 558 g/mol. The SMILES string of the molecule is COC(=O)c1cccc(-n2c3nc(Nc4ccc5c(c4)CN(C(=O)OC(C)(C)C)CC5)ncc3c(=O)n2C(C)C)c1. The van der Waals surface area contributed by atoms with Crippen LogP contribution in [0, 0.1) is 0 Å². The Balaban J connectivity index is 1.49. The van der Waals surface area contributed by atoms with Gasteiger partial charge in [0.1, 0.15) is 11.0 Å². The molecule has 0 atom stereocenters. The molecule has 1 aliphatic heterocycles. The van der Waals surface area contributed by atoms with Crippen molar-refractivity contribution in [2.24, 2.45) is 0 Å². The van der Waals surface area contributed by atoms with E-state index in [4.69, 9.17) is 14.5 Å². The summed E-state index contributed by atoms with van der Waals surface area (Å²) in [6.45, 7) is 10.4. The van der Waals surface area contributed by atoms with Gasteiger partial charge in [0.2, 0.25) is 5.95 Å². The van der Waals surface area contributed by atoms with Crippen LogP contribution in [-0.2, 0) is 22.4 Å². The van der Waals surface area contributed by atoms with Gasteiger partial charge in [-0.15, -0.1) is 0 Å². The highest BCUT2D eigenvalue weighted by Gasteiger charge is 2.26. The molecule has 0 unspecified atom stereocenters. The van der Waals surface area contributed by atoms with Gasteiger partial charge in [0.15, 0.2) is 5.65 Å². The average Bonchev–Trinajstić information content (AvgIpc) is 3.23. The second-order valence-corrected chi connectivity index (χ2v) is 11.3. The minimum absolute atomic E-state index is 0.191. The normalized spacial score (nSPS) is 13.3. The number of carbonyl (C=O) groups excluding carboxylic acids is 2. The summed E-state index contributed by atoms with van der Waals surface area (Å²) in [5.41, 5.74) is 3.48. The van der Waals surface area contributed by atoms with Crippen LogP contribution in [-0.4, -0.2) is 55.5 Å². The lowest BCUT2D eigenvalue weighted by Gasteiger charge is -2.31. The zero-order chi connectivity index (χ0) is 29.5. The number of aromatic nitrogens is 4. The molecule has 214 valence electrons. The van der Waals surface area contributed by atoms with E-state index in [2.05, 4.69) is 10.3 Å². The number of hydrogen-bond donors (Lipinski definition) is 1. The first-order valence-electron chi connectivity index (χ1n) is 13.5. The molecule has 1 aliphatic rings. The molecule has 41 heavy (non-hydrogen) atoms. The summed E-state index contributed by atoms with van der Waals surface area (Å²) >= 11 is 0. The molecule has 1 amide bonds. The lowest BCUT2D eigenvalue weighted by atomic mass is 9.99. The van der Waals surface area contributed by atoms with Gasteiger partial charge in [-0.25, -0.2) is 23.9 Å². The summed E-state index contributed by atoms with van der Waals surface area (Å²) < 4.78 is 13.7. The number of ether oxygens (including phenoxy) is 2. The van der Waals surface area contributed by atoms with Crippen molar-refractivity contribution in [1.82, 2.24) is 24.2 Å². The number of amides is 1. The van der Waals surface area contributed by atoms with E-state index in [-0.39, 0.29) is 17.7 Å². The number of nitrogens with one attached hydrogen (secondary N) is 1. The van der Waals surface area contributed by atoms with Gasteiger partial charge in [-0.1, -0.05) is 12.1 Å². The highest BCUT2D eigenvalue weighted by Crippen LogP contribution is 2.26. The summed E-state index contributed by atoms with van der Waals surface area (Å²) in [4.78, 5) is 49.0. The largest absolute Gasteiger partial charge is 0.465 e. The molecule has 0 bridgehead atoms. The molecule has 11 nitrogen and oxygen atoms in total. The van der Waals surface area contributed by atoms with E-state index in [1.807, 2.05) is 52.8 Å². The summed E-state index contributed by atoms with van der Waals surface area (Å²) in [6.07, 6.45) is 1.91. The third-order valence-electron chi connectivity index (χ3n) is 6.75. The summed E-state index contributed by atoms with van der Waals surface area (Å²) in [5.74, 6) is -0.174. The number of rotatable bonds is 5. The number of methoxy groups -OCH3 is 1. The molecule has 2 aromatic carbocycles. The second kappa shape index (κ2) is 10.7. The van der Waals surface area contributed by atoms with Gasteiger partial charge in [0.05, 0.1) is 18.4 Å². The van der Waals surface area contributed by atoms with Crippen molar-refractivity contribution in [3.05, 3.63) is 75.7 Å². The maximum Gasteiger partial charge on any atom is 0.410 e. The zero-order valence-electron chi connectivity index (χ0n) is 24.1. The number of hydrogen-bond acceptors (Lipinski definition) is 8. The lowest BCUT2D eigenvalue weighted by molar-refractivity contribution is 0.0224. The van der Waals surface area contributed by atoms with Crippen LogP contribution in [0.2, 0.25) is 0 Å². The molecule has 1 N–H and O–H groups in total. The third-order valence-corrected chi connectivity index (χ3v) is 6.75. The smallest absolute Gasteiger partial charge is 0.410 e. The molecule has 5 rings (SSSR count). The molecule has 0 fully saturated rings. The Morgan fingerprint density at radius 1 is 1.07 bits per heavy atom. The standard InChI is InChI=1S/C30H34N6O5/c1-18(2)35-26(37)24-16-31-28(33-25(24)36(35)23-9-7-8-20(15-23)27(38)40-6)32-22-11-10-19-12-13-34(17-21(19)14-22)29(39)41-30(3,4)5/h7-11,14-16,18H,12-13,17H2,1-6H3,(H,31,32,33). The maximum atomic E-state index is 13.3. The van der Waals surface area contributed by atoms with Crippen LogP contribution in [0.3, 0.4) is 0 Å². The Hall–Kier alpha value is -4.67. The molecule has 2 aromatic heterocycles. The van der Waals surface area contributed by atoms with E-state index in [1.165, 1.54) is 18.9 Å². The molecule has 11 heteroatoms. The van der Waals surface area contributed by atoms with Crippen molar-refractivity contribution in [2.75, 3.05) is 19.0 Å². The Kier molecular flexibility index (Phi) is 7.29. The van der Waals surface area contributed by atoms with Crippen molar-refractivity contribution in [2.45, 2.75) is 59.2 Å². The lowest BCUT2D eigenvalue weighted by Crippen LogP contribution is -2.39. The molecule has 4 aromatic rings. The van der Waals surface area contributed by atoms with Gasteiger partial charge >= 0.3 is 12.1 Å². The number of carbonyl (C=O) groups is 2. The predicted molar refractivity (Wildman–Crippen MR) is 155 cm³/mol. The zero-order valence-corrected chi connectivity index (χ0v) is 24.1. The van der Waals surface area contributed by atoms with Gasteiger partial charge < -0.3 is 19.7 Å². The van der Waals surface area contributed by atoms with E-state index in [0.29, 0.717) is 41.3 Å². The van der Waals surface area contributed by atoms with Crippen molar-refractivity contribution < 1.29 is 19.1 Å². The second-order valence-electron chi connectivity index (χ2n) is 11.3. The van der Waals surface area contributed by atoms with Crippen LogP contribution >= 0.6 is 0 Å². The van der Waals surface area contributed by atoms with Gasteiger partial charge in [-0.05, 0) is 82.5 Å². The van der Waals surface area contributed by atoms with E-state index in [0.717, 1.165) is 17.7 Å². The average molecular weight is 559 g/mol. The first-order valence-corrected chi connectivity index (χ1v) is 13.5. The predicted octanol–water partition coefficient (Wildman–Crippen LogP) is 4.99. The number of benzene rings is 2. The molecule has 3 heterocycles. The third kappa shape index (κ3) is 5.65. The summed E-state index contributed by atoms with van der Waals surface area (Å²) in [7, 11) is 1.32. The van der Waals surface area contributed by atoms with Gasteiger partial charge in [-0.3, -0.25) is 4.79 Å². The van der Waals surface area contributed by atoms with Crippen LogP contribution in [0.4, 0.5) is 16.4 Å². The summed E-state index contributed by atoms with van der Waals surface area (Å²) in [6, 6.07) is 12.6. The summed E-state index contributed by atoms with van der Waals surface area (Å²) in [5, 5.41) is 3.60. The van der Waals surface area contributed by atoms with Crippen molar-refractivity contribution in [1.29, 1.82) is 0 Å². The van der Waals surface area contributed by atoms with Crippen LogP contribution in [0.15, 0.2) is 53.5 Å². The number of anilines is 2. The number of esters is 1. The van der Waals surface area contributed by atoms with Gasteiger partial charge in [-0.2, -0.15) is 4.98 Å². The van der Waals surface area contributed by atoms with Crippen LogP contribution < -0.4 is 10.9 Å². The Bertz CT molecular complexity index is 1700. The first kappa shape index (κ1) is 27.9. The highest BCUT2D eigenvalue weighted by molar-refractivity contribution is 5.90. The van der Waals surface area contributed by atoms with Crippen molar-refractivity contribution in [3.8, 4) is 5.69 Å². The number of nitrogens with zero attached hydrogens (tertiary/aromatic N) is 5. The van der Waals surface area contributed by atoms with E-state index >= 15 is 0 Å². The number of fused-ring (bicyclic) bond motifs is 2. The Morgan fingerprint density at radius 3 is 2.56 bits per heavy atom. The van der Waals surface area contributed by atoms with Crippen LogP contribution in [0.5, 0.6) is 0 Å². The minimum atomic E-state index is -0.563. The molecule has 0 aliphatic carbocycles. The van der Waals surface area contributed by atoms with E-state index < -0.39 is 11.6 Å². The molecular weight excluding hydrogens is 524 g/mol. The van der Waals surface area contributed by atoms with E-state index in [9.17, 15) is 14.4 Å². The quantitative estimate of drug-likeness (QED) is 0.340. The maximum absolute atomic E-state index is 13.3. The van der Waals surface area contributed by atoms with E-state index in [1.54, 1.807) is 38.5 Å². The van der Waals surface area contributed by atoms with Crippen LogP contribution in [0.1, 0.15) is 62.1 Å². The van der Waals surface area contributed by atoms with Gasteiger partial charge in [0.25, 0.3) is 5.56 Å². The van der Waals surface area contributed by atoms with Crippen molar-refractivity contribution >= 4 is 34.7 Å². The molecule has 0 saturated carbocycles. The van der Waals surface area contributed by atoms with Gasteiger partial charge in [0, 0.05) is 31.0 Å². The molecular formula is C30H34N6O5.